The fourth-order valence-electron chi connectivity index (χ4n) is 4.54. The van der Waals surface area contributed by atoms with E-state index >= 15 is 0 Å². The number of hydrogen-bond acceptors (Lipinski definition) is 5. The van der Waals surface area contributed by atoms with Gasteiger partial charge in [0.05, 0.1) is 19.8 Å². The average Bonchev–Trinajstić information content (AvgIpc) is 2.91. The van der Waals surface area contributed by atoms with Crippen LogP contribution in [0.25, 0.3) is 0 Å². The molecule has 0 aliphatic carbocycles. The van der Waals surface area contributed by atoms with Crippen LogP contribution in [0.15, 0.2) is 78.9 Å². The molecule has 0 bridgehead atoms. The lowest BCUT2D eigenvalue weighted by molar-refractivity contribution is -0.0273. The second-order valence-electron chi connectivity index (χ2n) is 9.00. The molecule has 3 aromatic carbocycles. The first kappa shape index (κ1) is 25.0. The van der Waals surface area contributed by atoms with E-state index in [1.54, 1.807) is 26.2 Å². The predicted octanol–water partition coefficient (Wildman–Crippen LogP) is 5.94. The van der Waals surface area contributed by atoms with Crippen LogP contribution in [-0.2, 0) is 4.74 Å². The van der Waals surface area contributed by atoms with E-state index in [-0.39, 0.29) is 18.0 Å². The number of ether oxygens (including phenoxy) is 3. The van der Waals surface area contributed by atoms with Gasteiger partial charge < -0.3 is 19.1 Å². The largest absolute Gasteiger partial charge is 0.493 e. The van der Waals surface area contributed by atoms with Gasteiger partial charge in [0.1, 0.15) is 6.10 Å². The molecule has 35 heavy (non-hydrogen) atoms. The van der Waals surface area contributed by atoms with Crippen molar-refractivity contribution in [3.8, 4) is 11.5 Å². The topological polar surface area (TPSA) is 48.0 Å². The number of hydrogen-bond donors (Lipinski definition) is 0. The van der Waals surface area contributed by atoms with Gasteiger partial charge in [-0.05, 0) is 55.5 Å². The molecule has 4 rings (SSSR count). The number of carbonyl (C=O) groups is 1. The third-order valence-electron chi connectivity index (χ3n) is 6.51. The molecular weight excluding hydrogens is 438 g/mol. The zero-order valence-electron chi connectivity index (χ0n) is 20.7. The van der Waals surface area contributed by atoms with Crippen LogP contribution < -0.4 is 9.47 Å². The summed E-state index contributed by atoms with van der Waals surface area (Å²) in [4.78, 5) is 14.1. The molecule has 1 saturated heterocycles. The Hall–Kier alpha value is -3.15. The number of nitrogens with zero attached hydrogens (tertiary/aromatic N) is 1. The highest BCUT2D eigenvalue weighted by Crippen LogP contribution is 2.30. The number of Topliss-reactive ketones (excluding diaryl/α,β-unsaturated/α-hetero) is 1. The number of ketones is 1. The lowest BCUT2D eigenvalue weighted by Gasteiger charge is -2.34. The smallest absolute Gasteiger partial charge is 0.161 e. The highest BCUT2D eigenvalue weighted by Gasteiger charge is 2.24. The monoisotopic (exact) mass is 473 g/mol. The minimum absolute atomic E-state index is 0.0149. The van der Waals surface area contributed by atoms with Crippen molar-refractivity contribution in [1.82, 2.24) is 4.90 Å². The summed E-state index contributed by atoms with van der Waals surface area (Å²) in [6.45, 7) is 5.19. The molecular formula is C30H35NO4. The lowest BCUT2D eigenvalue weighted by Crippen LogP contribution is -2.38. The van der Waals surface area contributed by atoms with Crippen molar-refractivity contribution in [2.24, 2.45) is 0 Å². The van der Waals surface area contributed by atoms with E-state index in [1.807, 2.05) is 18.2 Å². The van der Waals surface area contributed by atoms with Gasteiger partial charge in [0.25, 0.3) is 0 Å². The predicted molar refractivity (Wildman–Crippen MR) is 138 cm³/mol. The van der Waals surface area contributed by atoms with Crippen molar-refractivity contribution in [2.75, 3.05) is 33.4 Å². The highest BCUT2D eigenvalue weighted by molar-refractivity contribution is 5.94. The number of carbonyl (C=O) groups excluding carboxylic acids is 1. The number of benzene rings is 3. The molecule has 1 aliphatic rings. The van der Waals surface area contributed by atoms with E-state index in [0.29, 0.717) is 23.7 Å². The summed E-state index contributed by atoms with van der Waals surface area (Å²) in [6, 6.07) is 26.3. The summed E-state index contributed by atoms with van der Waals surface area (Å²) in [5.41, 5.74) is 3.02. The Bertz CT molecular complexity index is 1020. The average molecular weight is 474 g/mol. The summed E-state index contributed by atoms with van der Waals surface area (Å²) in [6.07, 6.45) is 3.19. The molecule has 0 radical (unpaired) electrons. The molecule has 0 spiro atoms. The quantitative estimate of drug-likeness (QED) is 0.255. The molecule has 0 amide bonds. The molecule has 1 fully saturated rings. The molecule has 1 heterocycles. The Balaban J connectivity index is 1.23. The van der Waals surface area contributed by atoms with Crippen molar-refractivity contribution < 1.29 is 19.0 Å². The van der Waals surface area contributed by atoms with Gasteiger partial charge >= 0.3 is 0 Å². The maximum atomic E-state index is 11.6. The van der Waals surface area contributed by atoms with E-state index < -0.39 is 0 Å². The van der Waals surface area contributed by atoms with Crippen molar-refractivity contribution in [2.45, 2.75) is 38.4 Å². The Morgan fingerprint density at radius 3 is 2.11 bits per heavy atom. The van der Waals surface area contributed by atoms with Crippen LogP contribution in [0.2, 0.25) is 0 Å². The van der Waals surface area contributed by atoms with E-state index in [1.165, 1.54) is 11.1 Å². The van der Waals surface area contributed by atoms with Gasteiger partial charge in [-0.3, -0.25) is 4.79 Å². The zero-order chi connectivity index (χ0) is 24.5. The maximum absolute atomic E-state index is 11.6. The van der Waals surface area contributed by atoms with Crippen LogP contribution in [0, 0.1) is 0 Å². The number of likely N-dealkylation sites (tertiary alicyclic amines) is 1. The molecule has 0 saturated carbocycles. The second kappa shape index (κ2) is 12.5. The standard InChI is InChI=1S/C30H35NO4/c1-23(32)26-14-15-28(29(22-26)33-2)34-21-9-18-31-19-16-27(17-20-31)35-30(24-10-5-3-6-11-24)25-12-7-4-8-13-25/h3-8,10-15,22,27,30H,9,16-21H2,1-2H3. The highest BCUT2D eigenvalue weighted by atomic mass is 16.5. The molecule has 5 heteroatoms. The Morgan fingerprint density at radius 2 is 1.54 bits per heavy atom. The van der Waals surface area contributed by atoms with Gasteiger partial charge in [-0.25, -0.2) is 0 Å². The van der Waals surface area contributed by atoms with Crippen molar-refractivity contribution in [3.05, 3.63) is 95.6 Å². The van der Waals surface area contributed by atoms with Gasteiger partial charge in [-0.15, -0.1) is 0 Å². The molecule has 0 unspecified atom stereocenters. The van der Waals surface area contributed by atoms with Crippen molar-refractivity contribution >= 4 is 5.78 Å². The minimum atomic E-state index is -0.0354. The van der Waals surface area contributed by atoms with Crippen LogP contribution >= 0.6 is 0 Å². The van der Waals surface area contributed by atoms with Crippen LogP contribution in [0.1, 0.15) is 53.8 Å². The molecule has 0 aromatic heterocycles. The number of piperidine rings is 1. The van der Waals surface area contributed by atoms with Crippen LogP contribution in [0.3, 0.4) is 0 Å². The summed E-state index contributed by atoms with van der Waals surface area (Å²) < 4.78 is 18.0. The summed E-state index contributed by atoms with van der Waals surface area (Å²) in [7, 11) is 1.60. The van der Waals surface area contributed by atoms with E-state index in [9.17, 15) is 4.79 Å². The third-order valence-corrected chi connectivity index (χ3v) is 6.51. The van der Waals surface area contributed by atoms with E-state index in [0.717, 1.165) is 38.9 Å². The number of rotatable bonds is 11. The molecule has 5 nitrogen and oxygen atoms in total. The zero-order valence-corrected chi connectivity index (χ0v) is 20.7. The van der Waals surface area contributed by atoms with E-state index in [4.69, 9.17) is 14.2 Å². The fourth-order valence-corrected chi connectivity index (χ4v) is 4.54. The first-order valence-electron chi connectivity index (χ1n) is 12.4. The number of methoxy groups -OCH3 is 1. The van der Waals surface area contributed by atoms with Crippen LogP contribution in [0.5, 0.6) is 11.5 Å². The van der Waals surface area contributed by atoms with Crippen LogP contribution in [0.4, 0.5) is 0 Å². The van der Waals surface area contributed by atoms with Gasteiger partial charge in [0, 0.05) is 25.2 Å². The van der Waals surface area contributed by atoms with E-state index in [2.05, 4.69) is 53.4 Å². The summed E-state index contributed by atoms with van der Waals surface area (Å²) >= 11 is 0. The molecule has 0 N–H and O–H groups in total. The molecule has 0 atom stereocenters. The van der Waals surface area contributed by atoms with Crippen LogP contribution in [-0.4, -0.2) is 50.1 Å². The van der Waals surface area contributed by atoms with Gasteiger partial charge in [0.15, 0.2) is 17.3 Å². The van der Waals surface area contributed by atoms with Gasteiger partial charge in [-0.1, -0.05) is 60.7 Å². The Morgan fingerprint density at radius 1 is 0.914 bits per heavy atom. The first-order chi connectivity index (χ1) is 17.1. The normalized spacial score (nSPS) is 14.7. The lowest BCUT2D eigenvalue weighted by atomic mass is 10.00. The summed E-state index contributed by atoms with van der Waals surface area (Å²) in [5, 5.41) is 0. The maximum Gasteiger partial charge on any atom is 0.161 e. The van der Waals surface area contributed by atoms with Crippen molar-refractivity contribution in [1.29, 1.82) is 0 Å². The third kappa shape index (κ3) is 6.93. The second-order valence-corrected chi connectivity index (χ2v) is 9.00. The summed E-state index contributed by atoms with van der Waals surface area (Å²) in [5.74, 6) is 1.29. The van der Waals surface area contributed by atoms with Crippen molar-refractivity contribution in [3.63, 3.8) is 0 Å². The minimum Gasteiger partial charge on any atom is -0.493 e. The first-order valence-corrected chi connectivity index (χ1v) is 12.4. The van der Waals surface area contributed by atoms with Gasteiger partial charge in [0.2, 0.25) is 0 Å². The fraction of sp³-hybridized carbons (Fsp3) is 0.367. The molecule has 3 aromatic rings. The molecule has 1 aliphatic heterocycles. The van der Waals surface area contributed by atoms with Gasteiger partial charge in [-0.2, -0.15) is 0 Å². The SMILES string of the molecule is COc1cc(C(C)=O)ccc1OCCCN1CCC(OC(c2ccccc2)c2ccccc2)CC1. The Labute approximate surface area is 208 Å². The molecule has 184 valence electrons. The Kier molecular flexibility index (Phi) is 8.93.